The van der Waals surface area contributed by atoms with Gasteiger partial charge in [0, 0.05) is 31.1 Å². The molecule has 0 unspecified atom stereocenters. The minimum Gasteiger partial charge on any atom is -0.496 e. The van der Waals surface area contributed by atoms with Gasteiger partial charge in [-0.1, -0.05) is 30.3 Å². The van der Waals surface area contributed by atoms with Crippen molar-refractivity contribution < 1.29 is 23.8 Å². The van der Waals surface area contributed by atoms with Crippen LogP contribution in [0.3, 0.4) is 0 Å². The topological polar surface area (TPSA) is 86.1 Å². The van der Waals surface area contributed by atoms with E-state index in [1.807, 2.05) is 67.5 Å². The maximum atomic E-state index is 13.4. The molecule has 38 heavy (non-hydrogen) atoms. The second-order valence-electron chi connectivity index (χ2n) is 9.06. The van der Waals surface area contributed by atoms with E-state index in [0.29, 0.717) is 40.6 Å². The second-order valence-corrected chi connectivity index (χ2v) is 9.06. The van der Waals surface area contributed by atoms with Gasteiger partial charge < -0.3 is 24.0 Å². The zero-order valence-electron chi connectivity index (χ0n) is 22.5. The van der Waals surface area contributed by atoms with Crippen molar-refractivity contribution in [2.24, 2.45) is 0 Å². The molecule has 4 aromatic rings. The Labute approximate surface area is 222 Å². The van der Waals surface area contributed by atoms with Crippen molar-refractivity contribution in [3.8, 4) is 28.4 Å². The van der Waals surface area contributed by atoms with Crippen LogP contribution in [0.4, 0.5) is 0 Å². The van der Waals surface area contributed by atoms with E-state index in [9.17, 15) is 9.59 Å². The fourth-order valence-corrected chi connectivity index (χ4v) is 4.36. The van der Waals surface area contributed by atoms with Crippen LogP contribution in [-0.4, -0.2) is 87.0 Å². The summed E-state index contributed by atoms with van der Waals surface area (Å²) < 4.78 is 17.9. The highest BCUT2D eigenvalue weighted by Gasteiger charge is 2.24. The van der Waals surface area contributed by atoms with E-state index in [1.165, 1.54) is 7.11 Å². The van der Waals surface area contributed by atoms with Crippen LogP contribution < -0.4 is 9.47 Å². The predicted molar refractivity (Wildman–Crippen MR) is 146 cm³/mol. The van der Waals surface area contributed by atoms with Gasteiger partial charge in [-0.15, -0.1) is 0 Å². The fraction of sp³-hybridized carbons (Fsp3) is 0.276. The van der Waals surface area contributed by atoms with Gasteiger partial charge in [0.15, 0.2) is 5.69 Å². The summed E-state index contributed by atoms with van der Waals surface area (Å²) in [7, 11) is 10.2. The van der Waals surface area contributed by atoms with Crippen molar-refractivity contribution in [1.29, 1.82) is 0 Å². The summed E-state index contributed by atoms with van der Waals surface area (Å²) in [6.45, 7) is 1.35. The lowest BCUT2D eigenvalue weighted by Crippen LogP contribution is -2.33. The number of benzene rings is 3. The standard InChI is InChI=1S/C29H32N4O5/c1-31(2)16-17-32(3)28(34)21-14-15-23(20-11-8-7-10-19(20)21)33-24(18-22(30-33)29(35)38-6)27-25(36-4)12-9-13-26(27)37-5/h7-15,18H,16-17H2,1-6H3. The molecule has 1 aromatic heterocycles. The van der Waals surface area contributed by atoms with Crippen LogP contribution >= 0.6 is 0 Å². The molecule has 0 bridgehead atoms. The van der Waals surface area contributed by atoms with Crippen molar-refractivity contribution in [2.45, 2.75) is 0 Å². The summed E-state index contributed by atoms with van der Waals surface area (Å²) in [4.78, 5) is 29.7. The molecule has 0 spiro atoms. The highest BCUT2D eigenvalue weighted by atomic mass is 16.5. The largest absolute Gasteiger partial charge is 0.496 e. The van der Waals surface area contributed by atoms with Crippen LogP contribution in [0.5, 0.6) is 11.5 Å². The molecule has 198 valence electrons. The van der Waals surface area contributed by atoms with Crippen LogP contribution in [0.15, 0.2) is 60.7 Å². The van der Waals surface area contributed by atoms with E-state index in [0.717, 1.165) is 17.3 Å². The van der Waals surface area contributed by atoms with Crippen molar-refractivity contribution in [2.75, 3.05) is 55.6 Å². The number of ether oxygens (including phenoxy) is 3. The third-order valence-corrected chi connectivity index (χ3v) is 6.38. The Morgan fingerprint density at radius 2 is 1.50 bits per heavy atom. The van der Waals surface area contributed by atoms with E-state index in [-0.39, 0.29) is 11.6 Å². The predicted octanol–water partition coefficient (Wildman–Crippen LogP) is 4.13. The summed E-state index contributed by atoms with van der Waals surface area (Å²) in [6, 6.07) is 18.4. The molecular weight excluding hydrogens is 484 g/mol. The average Bonchev–Trinajstić information content (AvgIpc) is 3.38. The molecule has 0 N–H and O–H groups in total. The van der Waals surface area contributed by atoms with Gasteiger partial charge in [0.25, 0.3) is 5.91 Å². The van der Waals surface area contributed by atoms with Crippen LogP contribution in [0, 0.1) is 0 Å². The number of nitrogens with zero attached hydrogens (tertiary/aromatic N) is 4. The molecule has 1 amide bonds. The van der Waals surface area contributed by atoms with Gasteiger partial charge in [-0.2, -0.15) is 5.10 Å². The molecule has 0 radical (unpaired) electrons. The molecular formula is C29H32N4O5. The molecule has 4 rings (SSSR count). The SMILES string of the molecule is COC(=O)c1cc(-c2c(OC)cccc2OC)n(-c2ccc(C(=O)N(C)CCN(C)C)c3ccccc23)n1. The molecule has 0 fully saturated rings. The van der Waals surface area contributed by atoms with E-state index in [2.05, 4.69) is 5.10 Å². The van der Waals surface area contributed by atoms with Crippen molar-refractivity contribution in [3.63, 3.8) is 0 Å². The molecule has 9 heteroatoms. The molecule has 3 aromatic carbocycles. The number of aromatic nitrogens is 2. The molecule has 0 aliphatic carbocycles. The molecule has 0 saturated heterocycles. The second kappa shape index (κ2) is 11.4. The molecule has 1 heterocycles. The first-order chi connectivity index (χ1) is 18.3. The normalized spacial score (nSPS) is 11.0. The molecule has 0 saturated carbocycles. The number of fused-ring (bicyclic) bond motifs is 1. The zero-order valence-corrected chi connectivity index (χ0v) is 22.5. The highest BCUT2D eigenvalue weighted by Crippen LogP contribution is 2.40. The van der Waals surface area contributed by atoms with Gasteiger partial charge in [-0.3, -0.25) is 4.79 Å². The van der Waals surface area contributed by atoms with Gasteiger partial charge >= 0.3 is 5.97 Å². The smallest absolute Gasteiger partial charge is 0.358 e. The first-order valence-corrected chi connectivity index (χ1v) is 12.1. The maximum Gasteiger partial charge on any atom is 0.358 e. The minimum absolute atomic E-state index is 0.0723. The molecule has 0 aliphatic heterocycles. The molecule has 9 nitrogen and oxygen atoms in total. The third kappa shape index (κ3) is 5.05. The number of amides is 1. The first kappa shape index (κ1) is 26.7. The number of hydrogen-bond donors (Lipinski definition) is 0. The lowest BCUT2D eigenvalue weighted by molar-refractivity contribution is 0.0593. The van der Waals surface area contributed by atoms with Crippen molar-refractivity contribution in [3.05, 3.63) is 71.9 Å². The number of likely N-dealkylation sites (N-methyl/N-ethyl adjacent to an activating group) is 2. The summed E-state index contributed by atoms with van der Waals surface area (Å²) in [5.41, 5.74) is 2.61. The van der Waals surface area contributed by atoms with E-state index >= 15 is 0 Å². The Morgan fingerprint density at radius 3 is 2.11 bits per heavy atom. The van der Waals surface area contributed by atoms with Gasteiger partial charge in [0.05, 0.1) is 38.3 Å². The van der Waals surface area contributed by atoms with Gasteiger partial charge in [-0.25, -0.2) is 9.48 Å². The summed E-state index contributed by atoms with van der Waals surface area (Å²) in [5.74, 6) is 0.468. The number of esters is 1. The number of carbonyl (C=O) groups is 2. The number of methoxy groups -OCH3 is 3. The van der Waals surface area contributed by atoms with Crippen molar-refractivity contribution in [1.82, 2.24) is 19.6 Å². The summed E-state index contributed by atoms with van der Waals surface area (Å²) >= 11 is 0. The van der Waals surface area contributed by atoms with Gasteiger partial charge in [-0.05, 0) is 49.8 Å². The number of hydrogen-bond acceptors (Lipinski definition) is 7. The molecule has 0 atom stereocenters. The third-order valence-electron chi connectivity index (χ3n) is 6.38. The maximum absolute atomic E-state index is 13.4. The Kier molecular flexibility index (Phi) is 7.97. The Bertz CT molecular complexity index is 1460. The Morgan fingerprint density at radius 1 is 0.842 bits per heavy atom. The quantitative estimate of drug-likeness (QED) is 0.309. The van der Waals surface area contributed by atoms with E-state index in [4.69, 9.17) is 14.2 Å². The van der Waals surface area contributed by atoms with Crippen LogP contribution in [0.2, 0.25) is 0 Å². The molecule has 0 aliphatic rings. The first-order valence-electron chi connectivity index (χ1n) is 12.1. The van der Waals surface area contributed by atoms with Gasteiger partial charge in [0.2, 0.25) is 0 Å². The summed E-state index contributed by atoms with van der Waals surface area (Å²) in [5, 5.41) is 6.19. The lowest BCUT2D eigenvalue weighted by Gasteiger charge is -2.21. The minimum atomic E-state index is -0.572. The monoisotopic (exact) mass is 516 g/mol. The van der Waals surface area contributed by atoms with Gasteiger partial charge in [0.1, 0.15) is 11.5 Å². The number of carbonyl (C=O) groups excluding carboxylic acids is 2. The average molecular weight is 517 g/mol. The summed E-state index contributed by atoms with van der Waals surface area (Å²) in [6.07, 6.45) is 0. The number of rotatable bonds is 9. The lowest BCUT2D eigenvalue weighted by atomic mass is 10.0. The van der Waals surface area contributed by atoms with Crippen LogP contribution in [0.1, 0.15) is 20.8 Å². The zero-order chi connectivity index (χ0) is 27.4. The Balaban J connectivity index is 1.94. The van der Waals surface area contributed by atoms with E-state index < -0.39 is 5.97 Å². The van der Waals surface area contributed by atoms with Crippen LogP contribution in [-0.2, 0) is 4.74 Å². The Hall–Kier alpha value is -4.37. The fourth-order valence-electron chi connectivity index (χ4n) is 4.36. The highest BCUT2D eigenvalue weighted by molar-refractivity contribution is 6.09. The van der Waals surface area contributed by atoms with Crippen molar-refractivity contribution >= 4 is 22.6 Å². The van der Waals surface area contributed by atoms with E-state index in [1.54, 1.807) is 43.0 Å². The van der Waals surface area contributed by atoms with Crippen LogP contribution in [0.25, 0.3) is 27.7 Å².